The molecule has 0 saturated carbocycles. The molecule has 0 aliphatic carbocycles. The van der Waals surface area contributed by atoms with Crippen LogP contribution in [0.2, 0.25) is 0 Å². The van der Waals surface area contributed by atoms with Crippen LogP contribution in [0, 0.1) is 0 Å². The van der Waals surface area contributed by atoms with Crippen molar-refractivity contribution in [2.24, 2.45) is 0 Å². The first-order valence-electron chi connectivity index (χ1n) is 11.2. The number of benzene rings is 2. The Balaban J connectivity index is 1.58. The smallest absolute Gasteiger partial charge is 0.315 e. The summed E-state index contributed by atoms with van der Waals surface area (Å²) >= 11 is 1.48. The molecule has 1 fully saturated rings. The first kappa shape index (κ1) is 25.6. The van der Waals surface area contributed by atoms with Crippen molar-refractivity contribution in [1.82, 2.24) is 20.9 Å². The Morgan fingerprint density at radius 1 is 1.00 bits per heavy atom. The molecule has 34 heavy (non-hydrogen) atoms. The Morgan fingerprint density at radius 3 is 2.09 bits per heavy atom. The van der Waals surface area contributed by atoms with Gasteiger partial charge in [0.15, 0.2) is 6.10 Å². The number of aliphatic hydroxyl groups is 1. The van der Waals surface area contributed by atoms with Crippen molar-refractivity contribution in [1.29, 1.82) is 0 Å². The van der Waals surface area contributed by atoms with Crippen LogP contribution in [0.5, 0.6) is 0 Å². The SMILES string of the molecule is CC(NC(=O)NCc1ccccc1)C(O)C(=O)N1CSC(C)(C)C1C(=O)NCc1ccccc1. The van der Waals surface area contributed by atoms with Crippen LogP contribution < -0.4 is 16.0 Å². The summed E-state index contributed by atoms with van der Waals surface area (Å²) in [6.07, 6.45) is -1.48. The molecule has 1 aliphatic heterocycles. The Bertz CT molecular complexity index is 987. The Morgan fingerprint density at radius 2 is 1.53 bits per heavy atom. The van der Waals surface area contributed by atoms with Crippen LogP contribution in [0.3, 0.4) is 0 Å². The van der Waals surface area contributed by atoms with E-state index < -0.39 is 34.9 Å². The predicted molar refractivity (Wildman–Crippen MR) is 133 cm³/mol. The molecule has 0 radical (unpaired) electrons. The summed E-state index contributed by atoms with van der Waals surface area (Å²) < 4.78 is -0.528. The van der Waals surface area contributed by atoms with Crippen molar-refractivity contribution in [3.05, 3.63) is 71.8 Å². The number of amides is 4. The van der Waals surface area contributed by atoms with Crippen molar-refractivity contribution < 1.29 is 19.5 Å². The summed E-state index contributed by atoms with van der Waals surface area (Å²) in [6, 6.07) is 16.9. The topological polar surface area (TPSA) is 111 Å². The standard InChI is InChI=1S/C25H32N4O4S/c1-17(28-24(33)27-15-19-12-8-5-9-13-19)20(30)23(32)29-16-34-25(2,3)21(29)22(31)26-14-18-10-6-4-7-11-18/h4-13,17,20-21,30H,14-16H2,1-3H3,(H,26,31)(H2,27,28,33). The van der Waals surface area contributed by atoms with Crippen LogP contribution in [0.15, 0.2) is 60.7 Å². The molecule has 3 unspecified atom stereocenters. The lowest BCUT2D eigenvalue weighted by molar-refractivity contribution is -0.147. The van der Waals surface area contributed by atoms with Gasteiger partial charge in [0.05, 0.1) is 11.9 Å². The van der Waals surface area contributed by atoms with Crippen molar-refractivity contribution >= 4 is 29.6 Å². The highest BCUT2D eigenvalue weighted by Gasteiger charge is 2.49. The number of hydrogen-bond donors (Lipinski definition) is 4. The zero-order chi connectivity index (χ0) is 24.7. The highest BCUT2D eigenvalue weighted by molar-refractivity contribution is 8.00. The fraction of sp³-hybridized carbons (Fsp3) is 0.400. The van der Waals surface area contributed by atoms with Crippen LogP contribution in [0.4, 0.5) is 4.79 Å². The molecule has 0 bridgehead atoms. The largest absolute Gasteiger partial charge is 0.381 e. The fourth-order valence-electron chi connectivity index (χ4n) is 3.79. The number of carbonyl (C=O) groups is 3. The third-order valence-corrected chi connectivity index (χ3v) is 7.14. The van der Waals surface area contributed by atoms with Gasteiger partial charge in [0.1, 0.15) is 6.04 Å². The second-order valence-electron chi connectivity index (χ2n) is 8.84. The van der Waals surface area contributed by atoms with E-state index in [0.717, 1.165) is 11.1 Å². The maximum absolute atomic E-state index is 13.1. The van der Waals surface area contributed by atoms with Crippen molar-refractivity contribution in [2.45, 2.75) is 56.8 Å². The van der Waals surface area contributed by atoms with E-state index in [1.54, 1.807) is 6.92 Å². The summed E-state index contributed by atoms with van der Waals surface area (Å²) in [5.74, 6) is -0.589. The third kappa shape index (κ3) is 6.51. The molecule has 8 nitrogen and oxygen atoms in total. The van der Waals surface area contributed by atoms with Crippen LogP contribution in [-0.2, 0) is 22.7 Å². The van der Waals surface area contributed by atoms with Gasteiger partial charge in [-0.25, -0.2) is 4.79 Å². The minimum atomic E-state index is -1.48. The Hall–Kier alpha value is -3.04. The van der Waals surface area contributed by atoms with E-state index in [0.29, 0.717) is 13.1 Å². The summed E-state index contributed by atoms with van der Waals surface area (Å²) in [7, 11) is 0. The predicted octanol–water partition coefficient (Wildman–Crippen LogP) is 2.23. The Labute approximate surface area is 204 Å². The summed E-state index contributed by atoms with van der Waals surface area (Å²) in [4.78, 5) is 39.8. The highest BCUT2D eigenvalue weighted by Crippen LogP contribution is 2.39. The molecule has 182 valence electrons. The molecule has 1 aliphatic rings. The normalized spacial score (nSPS) is 18.6. The van der Waals surface area contributed by atoms with Gasteiger partial charge in [-0.15, -0.1) is 11.8 Å². The van der Waals surface area contributed by atoms with E-state index in [4.69, 9.17) is 0 Å². The number of rotatable bonds is 8. The van der Waals surface area contributed by atoms with E-state index >= 15 is 0 Å². The first-order chi connectivity index (χ1) is 16.2. The van der Waals surface area contributed by atoms with E-state index in [-0.39, 0.29) is 11.8 Å². The highest BCUT2D eigenvalue weighted by atomic mass is 32.2. The zero-order valence-corrected chi connectivity index (χ0v) is 20.5. The number of nitrogens with zero attached hydrogens (tertiary/aromatic N) is 1. The molecule has 3 atom stereocenters. The molecule has 3 rings (SSSR count). The molecular formula is C25H32N4O4S. The molecule has 0 spiro atoms. The van der Waals surface area contributed by atoms with Gasteiger partial charge < -0.3 is 26.0 Å². The molecule has 4 amide bonds. The number of thioether (sulfide) groups is 1. The van der Waals surface area contributed by atoms with Gasteiger partial charge >= 0.3 is 6.03 Å². The summed E-state index contributed by atoms with van der Waals surface area (Å²) in [5, 5.41) is 18.9. The van der Waals surface area contributed by atoms with Gasteiger partial charge in [-0.1, -0.05) is 60.7 Å². The molecule has 4 N–H and O–H groups in total. The monoisotopic (exact) mass is 484 g/mol. The number of urea groups is 1. The lowest BCUT2D eigenvalue weighted by atomic mass is 9.99. The summed E-state index contributed by atoms with van der Waals surface area (Å²) in [5.41, 5.74) is 1.89. The van der Waals surface area contributed by atoms with Crippen LogP contribution in [0.25, 0.3) is 0 Å². The molecule has 1 heterocycles. The lowest BCUT2D eigenvalue weighted by Crippen LogP contribution is -2.58. The van der Waals surface area contributed by atoms with E-state index in [2.05, 4.69) is 16.0 Å². The van der Waals surface area contributed by atoms with Crippen LogP contribution in [-0.4, -0.2) is 56.7 Å². The molecule has 9 heteroatoms. The minimum absolute atomic E-state index is 0.277. The van der Waals surface area contributed by atoms with E-state index in [1.807, 2.05) is 74.5 Å². The lowest BCUT2D eigenvalue weighted by Gasteiger charge is -2.32. The fourth-order valence-corrected chi connectivity index (χ4v) is 4.93. The van der Waals surface area contributed by atoms with E-state index in [1.165, 1.54) is 16.7 Å². The molecule has 1 saturated heterocycles. The zero-order valence-electron chi connectivity index (χ0n) is 19.7. The molecule has 0 aromatic heterocycles. The van der Waals surface area contributed by atoms with Gasteiger partial charge in [0.2, 0.25) is 5.91 Å². The second-order valence-corrected chi connectivity index (χ2v) is 10.4. The third-order valence-electron chi connectivity index (χ3n) is 5.77. The molecular weight excluding hydrogens is 452 g/mol. The molecule has 2 aromatic rings. The minimum Gasteiger partial charge on any atom is -0.381 e. The van der Waals surface area contributed by atoms with Gasteiger partial charge in [0.25, 0.3) is 5.91 Å². The Kier molecular flexibility index (Phi) is 8.57. The van der Waals surface area contributed by atoms with Gasteiger partial charge in [-0.05, 0) is 31.9 Å². The number of hydrogen-bond acceptors (Lipinski definition) is 5. The number of aliphatic hydroxyl groups excluding tert-OH is 1. The van der Waals surface area contributed by atoms with Crippen molar-refractivity contribution in [2.75, 3.05) is 5.88 Å². The molecule has 2 aromatic carbocycles. The van der Waals surface area contributed by atoms with Crippen molar-refractivity contribution in [3.63, 3.8) is 0 Å². The number of nitrogens with one attached hydrogen (secondary N) is 3. The van der Waals surface area contributed by atoms with Crippen LogP contribution in [0.1, 0.15) is 31.9 Å². The number of carbonyl (C=O) groups excluding carboxylic acids is 3. The van der Waals surface area contributed by atoms with Gasteiger partial charge in [0, 0.05) is 17.8 Å². The van der Waals surface area contributed by atoms with Gasteiger partial charge in [-0.3, -0.25) is 9.59 Å². The van der Waals surface area contributed by atoms with Crippen LogP contribution >= 0.6 is 11.8 Å². The van der Waals surface area contributed by atoms with Crippen molar-refractivity contribution in [3.8, 4) is 0 Å². The first-order valence-corrected chi connectivity index (χ1v) is 12.2. The summed E-state index contributed by atoms with van der Waals surface area (Å²) in [6.45, 7) is 6.04. The van der Waals surface area contributed by atoms with Gasteiger partial charge in [-0.2, -0.15) is 0 Å². The maximum Gasteiger partial charge on any atom is 0.315 e. The maximum atomic E-state index is 13.1. The second kappa shape index (κ2) is 11.4. The average molecular weight is 485 g/mol. The van der Waals surface area contributed by atoms with E-state index in [9.17, 15) is 19.5 Å². The average Bonchev–Trinajstić information content (AvgIpc) is 3.16. The quantitative estimate of drug-likeness (QED) is 0.459.